The van der Waals surface area contributed by atoms with Crippen molar-refractivity contribution in [2.24, 2.45) is 0 Å². The summed E-state index contributed by atoms with van der Waals surface area (Å²) in [5.74, 6) is 0. The van der Waals surface area contributed by atoms with E-state index in [2.05, 4.69) is 4.72 Å². The van der Waals surface area contributed by atoms with E-state index in [9.17, 15) is 8.42 Å². The lowest BCUT2D eigenvalue weighted by Crippen LogP contribution is -2.39. The van der Waals surface area contributed by atoms with Crippen molar-refractivity contribution < 1.29 is 13.5 Å². The minimum absolute atomic E-state index is 0.106. The normalized spacial score (nSPS) is 17.7. The topological polar surface area (TPSA) is 66.4 Å². The van der Waals surface area contributed by atoms with Gasteiger partial charge in [0.25, 0.3) is 0 Å². The summed E-state index contributed by atoms with van der Waals surface area (Å²) >= 11 is 1.15. The van der Waals surface area contributed by atoms with Crippen molar-refractivity contribution in [3.8, 4) is 0 Å². The van der Waals surface area contributed by atoms with Crippen LogP contribution in [0.5, 0.6) is 0 Å². The van der Waals surface area contributed by atoms with E-state index in [4.69, 9.17) is 5.11 Å². The van der Waals surface area contributed by atoms with Crippen molar-refractivity contribution in [1.29, 1.82) is 0 Å². The van der Waals surface area contributed by atoms with Crippen LogP contribution < -0.4 is 4.72 Å². The molecule has 2 N–H and O–H groups in total. The van der Waals surface area contributed by atoms with E-state index in [-0.39, 0.29) is 12.6 Å². The lowest BCUT2D eigenvalue weighted by molar-refractivity contribution is 0.282. The molecule has 1 heterocycles. The lowest BCUT2D eigenvalue weighted by atomic mass is 9.94. The smallest absolute Gasteiger partial charge is 0.250 e. The fraction of sp³-hybridized carbons (Fsp3) is 0.556. The Kier molecular flexibility index (Phi) is 3.11. The maximum atomic E-state index is 11.8. The number of aliphatic hydroxyl groups is 1. The molecule has 1 fully saturated rings. The zero-order chi connectivity index (χ0) is 10.9. The zero-order valence-electron chi connectivity index (χ0n) is 8.14. The Morgan fingerprint density at radius 2 is 2.27 bits per heavy atom. The summed E-state index contributed by atoms with van der Waals surface area (Å²) in [5.41, 5.74) is 0.647. The summed E-state index contributed by atoms with van der Waals surface area (Å²) in [7, 11) is -3.35. The van der Waals surface area contributed by atoms with Crippen LogP contribution in [0, 0.1) is 0 Å². The molecule has 84 valence electrons. The van der Waals surface area contributed by atoms with Crippen molar-refractivity contribution in [3.05, 3.63) is 17.0 Å². The van der Waals surface area contributed by atoms with Gasteiger partial charge in [-0.3, -0.25) is 0 Å². The number of rotatable bonds is 4. The van der Waals surface area contributed by atoms with Crippen molar-refractivity contribution >= 4 is 21.4 Å². The fourth-order valence-corrected chi connectivity index (χ4v) is 3.90. The number of thiophene rings is 1. The van der Waals surface area contributed by atoms with Crippen LogP contribution in [0.25, 0.3) is 0 Å². The molecule has 0 aliphatic heterocycles. The van der Waals surface area contributed by atoms with Gasteiger partial charge < -0.3 is 5.11 Å². The van der Waals surface area contributed by atoms with Crippen LogP contribution in [0.15, 0.2) is 15.7 Å². The van der Waals surface area contributed by atoms with E-state index < -0.39 is 10.0 Å². The third kappa shape index (κ3) is 2.39. The number of hydrogen-bond donors (Lipinski definition) is 2. The standard InChI is InChI=1S/C9H13NO3S2/c11-5-7-4-9(14-6-7)15(12,13)10-8-2-1-3-8/h4,6,8,10-11H,1-3,5H2. The van der Waals surface area contributed by atoms with Gasteiger partial charge in [-0.25, -0.2) is 13.1 Å². The van der Waals surface area contributed by atoms with E-state index in [1.165, 1.54) is 6.07 Å². The minimum atomic E-state index is -3.35. The van der Waals surface area contributed by atoms with Gasteiger partial charge in [0, 0.05) is 6.04 Å². The molecule has 4 nitrogen and oxygen atoms in total. The van der Waals surface area contributed by atoms with E-state index in [0.717, 1.165) is 30.6 Å². The first-order chi connectivity index (χ1) is 7.12. The molecule has 1 aromatic rings. The first kappa shape index (κ1) is 11.1. The highest BCUT2D eigenvalue weighted by atomic mass is 32.2. The average Bonchev–Trinajstić information content (AvgIpc) is 2.60. The molecule has 1 aromatic heterocycles. The molecule has 0 unspecified atom stereocenters. The van der Waals surface area contributed by atoms with Crippen molar-refractivity contribution in [2.45, 2.75) is 36.1 Å². The number of hydrogen-bond acceptors (Lipinski definition) is 4. The second-order valence-corrected chi connectivity index (χ2v) is 6.53. The Hall–Kier alpha value is -0.430. The molecule has 0 aromatic carbocycles. The van der Waals surface area contributed by atoms with E-state index in [1.807, 2.05) is 0 Å². The van der Waals surface area contributed by atoms with Crippen LogP contribution >= 0.6 is 11.3 Å². The molecule has 0 amide bonds. The van der Waals surface area contributed by atoms with Gasteiger partial charge >= 0.3 is 0 Å². The first-order valence-electron chi connectivity index (χ1n) is 4.82. The Morgan fingerprint density at radius 1 is 1.53 bits per heavy atom. The molecule has 2 rings (SSSR count). The van der Waals surface area contributed by atoms with Gasteiger partial charge in [-0.2, -0.15) is 0 Å². The van der Waals surface area contributed by atoms with Gasteiger partial charge in [0.1, 0.15) is 4.21 Å². The predicted octanol–water partition coefficient (Wildman–Crippen LogP) is 1.07. The van der Waals surface area contributed by atoms with Gasteiger partial charge in [-0.1, -0.05) is 6.42 Å². The molecule has 6 heteroatoms. The van der Waals surface area contributed by atoms with E-state index in [0.29, 0.717) is 9.77 Å². The second-order valence-electron chi connectivity index (χ2n) is 3.68. The van der Waals surface area contributed by atoms with Crippen LogP contribution in [0.1, 0.15) is 24.8 Å². The summed E-state index contributed by atoms with van der Waals surface area (Å²) in [4.78, 5) is 0. The van der Waals surface area contributed by atoms with Gasteiger partial charge in [-0.05, 0) is 29.9 Å². The van der Waals surface area contributed by atoms with E-state index >= 15 is 0 Å². The van der Waals surface area contributed by atoms with Crippen LogP contribution in [0.3, 0.4) is 0 Å². The summed E-state index contributed by atoms with van der Waals surface area (Å²) in [6.07, 6.45) is 2.95. The Bertz CT molecular complexity index is 434. The highest BCUT2D eigenvalue weighted by molar-refractivity contribution is 7.91. The molecule has 15 heavy (non-hydrogen) atoms. The maximum Gasteiger partial charge on any atom is 0.250 e. The second kappa shape index (κ2) is 4.21. The molecule has 0 spiro atoms. The summed E-state index contributed by atoms with van der Waals surface area (Å²) in [5, 5.41) is 10.5. The SMILES string of the molecule is O=S(=O)(NC1CCC1)c1cc(CO)cs1. The molecular formula is C9H13NO3S2. The molecule has 0 radical (unpaired) electrons. The predicted molar refractivity (Wildman–Crippen MR) is 58.2 cm³/mol. The quantitative estimate of drug-likeness (QED) is 0.836. The van der Waals surface area contributed by atoms with Crippen LogP contribution in [-0.2, 0) is 16.6 Å². The van der Waals surface area contributed by atoms with Gasteiger partial charge in [-0.15, -0.1) is 11.3 Å². The lowest BCUT2D eigenvalue weighted by Gasteiger charge is -2.25. The molecule has 0 bridgehead atoms. The largest absolute Gasteiger partial charge is 0.392 e. The van der Waals surface area contributed by atoms with Gasteiger partial charge in [0.05, 0.1) is 6.61 Å². The number of sulfonamides is 1. The van der Waals surface area contributed by atoms with Crippen molar-refractivity contribution in [2.75, 3.05) is 0 Å². The fourth-order valence-electron chi connectivity index (χ4n) is 1.38. The highest BCUT2D eigenvalue weighted by Gasteiger charge is 2.25. The summed E-state index contributed by atoms with van der Waals surface area (Å²) in [6, 6.07) is 1.63. The highest BCUT2D eigenvalue weighted by Crippen LogP contribution is 2.24. The van der Waals surface area contributed by atoms with Crippen LogP contribution in [0.2, 0.25) is 0 Å². The van der Waals surface area contributed by atoms with Crippen molar-refractivity contribution in [1.82, 2.24) is 4.72 Å². The molecule has 1 saturated carbocycles. The molecule has 1 aliphatic carbocycles. The third-order valence-electron chi connectivity index (χ3n) is 2.50. The van der Waals surface area contributed by atoms with Gasteiger partial charge in [0.2, 0.25) is 10.0 Å². The summed E-state index contributed by atoms with van der Waals surface area (Å²) in [6.45, 7) is -0.116. The Morgan fingerprint density at radius 3 is 2.73 bits per heavy atom. The maximum absolute atomic E-state index is 11.8. The monoisotopic (exact) mass is 247 g/mol. The molecule has 0 saturated heterocycles. The van der Waals surface area contributed by atoms with Crippen LogP contribution in [0.4, 0.5) is 0 Å². The number of aliphatic hydroxyl groups excluding tert-OH is 1. The summed E-state index contributed by atoms with van der Waals surface area (Å²) < 4.78 is 26.5. The Balaban J connectivity index is 2.13. The Labute approximate surface area is 93.0 Å². The zero-order valence-corrected chi connectivity index (χ0v) is 9.77. The first-order valence-corrected chi connectivity index (χ1v) is 7.19. The van der Waals surface area contributed by atoms with Gasteiger partial charge in [0.15, 0.2) is 0 Å². The van der Waals surface area contributed by atoms with Crippen LogP contribution in [-0.4, -0.2) is 19.6 Å². The minimum Gasteiger partial charge on any atom is -0.392 e. The molecule has 1 aliphatic rings. The average molecular weight is 247 g/mol. The third-order valence-corrected chi connectivity index (χ3v) is 5.51. The van der Waals surface area contributed by atoms with Crippen molar-refractivity contribution in [3.63, 3.8) is 0 Å². The molecular weight excluding hydrogens is 234 g/mol. The van der Waals surface area contributed by atoms with E-state index in [1.54, 1.807) is 5.38 Å². The number of nitrogens with one attached hydrogen (secondary N) is 1. The molecule has 0 atom stereocenters.